The number of nitrogens with zero attached hydrogens (tertiary/aromatic N) is 2. The first-order valence-corrected chi connectivity index (χ1v) is 11.9. The van der Waals surface area contributed by atoms with Gasteiger partial charge in [-0.2, -0.15) is 0 Å². The number of thiazole rings is 1. The summed E-state index contributed by atoms with van der Waals surface area (Å²) in [6, 6.07) is 15.2. The van der Waals surface area contributed by atoms with E-state index < -0.39 is 0 Å². The highest BCUT2D eigenvalue weighted by molar-refractivity contribution is 7.23. The third-order valence-corrected chi connectivity index (χ3v) is 7.77. The zero-order valence-corrected chi connectivity index (χ0v) is 19.3. The molecular weight excluding hydrogens is 442 g/mol. The topological polar surface area (TPSA) is 71.5 Å². The molecule has 32 heavy (non-hydrogen) atoms. The number of fused-ring (bicyclic) bond motifs is 2. The molecule has 6 nitrogen and oxygen atoms in total. The van der Waals surface area contributed by atoms with Crippen LogP contribution in [0.4, 0.5) is 5.00 Å². The number of hydrogen-bond acceptors (Lipinski definition) is 6. The molecule has 0 spiro atoms. The van der Waals surface area contributed by atoms with Gasteiger partial charge in [-0.3, -0.25) is 9.59 Å². The fraction of sp³-hybridized carbons (Fsp3) is 0.208. The molecule has 162 valence electrons. The molecule has 0 bridgehead atoms. The second kappa shape index (κ2) is 8.37. The van der Waals surface area contributed by atoms with Crippen LogP contribution in [-0.2, 0) is 17.8 Å². The smallest absolute Gasteiger partial charge is 0.260 e. The van der Waals surface area contributed by atoms with Crippen LogP contribution in [0.2, 0.25) is 0 Å². The average Bonchev–Trinajstić information content (AvgIpc) is 3.38. The zero-order valence-electron chi connectivity index (χ0n) is 17.7. The highest BCUT2D eigenvalue weighted by atomic mass is 32.1. The number of benzene rings is 2. The van der Waals surface area contributed by atoms with Crippen LogP contribution in [0.15, 0.2) is 48.5 Å². The van der Waals surface area contributed by atoms with Crippen molar-refractivity contribution in [3.63, 3.8) is 0 Å². The number of nitrogens with one attached hydrogen (secondary N) is 1. The Bertz CT molecular complexity index is 1310. The van der Waals surface area contributed by atoms with Crippen LogP contribution < -0.4 is 10.1 Å². The molecule has 1 N–H and O–H groups in total. The molecule has 2 aromatic carbocycles. The van der Waals surface area contributed by atoms with Crippen LogP contribution in [-0.4, -0.2) is 35.4 Å². The molecule has 3 heterocycles. The highest BCUT2D eigenvalue weighted by Gasteiger charge is 2.29. The summed E-state index contributed by atoms with van der Waals surface area (Å²) in [4.78, 5) is 32.9. The number of ether oxygens (including phenoxy) is 1. The number of anilines is 1. The lowest BCUT2D eigenvalue weighted by Crippen LogP contribution is -2.33. The Morgan fingerprint density at radius 3 is 2.66 bits per heavy atom. The lowest BCUT2D eigenvalue weighted by atomic mass is 10.0. The molecule has 2 aromatic heterocycles. The molecule has 0 aliphatic carbocycles. The van der Waals surface area contributed by atoms with Crippen molar-refractivity contribution >= 4 is 49.7 Å². The Morgan fingerprint density at radius 1 is 1.09 bits per heavy atom. The molecule has 1 aliphatic heterocycles. The normalized spacial score (nSPS) is 13.1. The molecule has 0 unspecified atom stereocenters. The van der Waals surface area contributed by atoms with E-state index in [2.05, 4.69) is 11.4 Å². The average molecular weight is 464 g/mol. The summed E-state index contributed by atoms with van der Waals surface area (Å²) < 4.78 is 6.47. The number of aromatic nitrogens is 1. The lowest BCUT2D eigenvalue weighted by Gasteiger charge is -2.26. The summed E-state index contributed by atoms with van der Waals surface area (Å²) >= 11 is 3.14. The van der Waals surface area contributed by atoms with Gasteiger partial charge < -0.3 is 15.0 Å². The summed E-state index contributed by atoms with van der Waals surface area (Å²) in [5.41, 5.74) is 3.55. The minimum atomic E-state index is -0.230. The molecule has 0 atom stereocenters. The lowest BCUT2D eigenvalue weighted by molar-refractivity contribution is -0.129. The molecule has 2 amide bonds. The third-order valence-electron chi connectivity index (χ3n) is 5.59. The predicted octanol–water partition coefficient (Wildman–Crippen LogP) is 5.19. The molecule has 0 saturated carbocycles. The van der Waals surface area contributed by atoms with Crippen molar-refractivity contribution in [2.75, 3.05) is 19.0 Å². The molecular formula is C24H21N3O3S2. The van der Waals surface area contributed by atoms with Gasteiger partial charge in [0.2, 0.25) is 5.91 Å². The maximum Gasteiger partial charge on any atom is 0.260 e. The van der Waals surface area contributed by atoms with Crippen LogP contribution in [0, 0.1) is 0 Å². The SMILES string of the molecule is COc1ccccc1C(=O)Nc1sc2c(c1-c1nc3ccccc3s1)CCN(C(C)=O)C2. The Balaban J connectivity index is 1.60. The monoisotopic (exact) mass is 463 g/mol. The van der Waals surface area contributed by atoms with Gasteiger partial charge in [-0.25, -0.2) is 4.98 Å². The number of hydrogen-bond donors (Lipinski definition) is 1. The Kier molecular flexibility index (Phi) is 5.40. The van der Waals surface area contributed by atoms with E-state index in [-0.39, 0.29) is 11.8 Å². The number of rotatable bonds is 4. The maximum atomic E-state index is 13.2. The van der Waals surface area contributed by atoms with E-state index in [9.17, 15) is 9.59 Å². The summed E-state index contributed by atoms with van der Waals surface area (Å²) in [6.45, 7) is 2.81. The Morgan fingerprint density at radius 2 is 1.88 bits per heavy atom. The van der Waals surface area contributed by atoms with E-state index in [0.717, 1.165) is 37.1 Å². The van der Waals surface area contributed by atoms with Crippen molar-refractivity contribution < 1.29 is 14.3 Å². The van der Waals surface area contributed by atoms with Crippen LogP contribution in [0.1, 0.15) is 27.7 Å². The molecule has 4 aromatic rings. The fourth-order valence-corrected chi connectivity index (χ4v) is 6.34. The molecule has 0 fully saturated rings. The molecule has 0 saturated heterocycles. The van der Waals surface area contributed by atoms with Crippen molar-refractivity contribution in [1.29, 1.82) is 0 Å². The van der Waals surface area contributed by atoms with Gasteiger partial charge in [-0.15, -0.1) is 22.7 Å². The quantitative estimate of drug-likeness (QED) is 0.452. The number of methoxy groups -OCH3 is 1. The van der Waals surface area contributed by atoms with E-state index in [4.69, 9.17) is 9.72 Å². The minimum Gasteiger partial charge on any atom is -0.496 e. The maximum absolute atomic E-state index is 13.2. The molecule has 0 radical (unpaired) electrons. The van der Waals surface area contributed by atoms with Crippen molar-refractivity contribution in [2.24, 2.45) is 0 Å². The van der Waals surface area contributed by atoms with Crippen LogP contribution >= 0.6 is 22.7 Å². The first kappa shape index (κ1) is 20.7. The number of carbonyl (C=O) groups is 2. The summed E-state index contributed by atoms with van der Waals surface area (Å²) in [5.74, 6) is 0.354. The fourth-order valence-electron chi connectivity index (χ4n) is 3.97. The first-order valence-electron chi connectivity index (χ1n) is 10.3. The van der Waals surface area contributed by atoms with Crippen molar-refractivity contribution in [3.05, 3.63) is 64.5 Å². The number of thiophene rings is 1. The van der Waals surface area contributed by atoms with Gasteiger partial charge in [0.15, 0.2) is 0 Å². The van der Waals surface area contributed by atoms with Gasteiger partial charge in [-0.05, 0) is 36.2 Å². The van der Waals surface area contributed by atoms with Gasteiger partial charge in [0.1, 0.15) is 15.8 Å². The molecule has 8 heteroatoms. The Hall–Kier alpha value is -3.23. The van der Waals surface area contributed by atoms with E-state index >= 15 is 0 Å². The van der Waals surface area contributed by atoms with Crippen LogP contribution in [0.5, 0.6) is 5.75 Å². The number of carbonyl (C=O) groups excluding carboxylic acids is 2. The molecule has 5 rings (SSSR count). The van der Waals surface area contributed by atoms with Crippen molar-refractivity contribution in [3.8, 4) is 16.3 Å². The molecule has 1 aliphatic rings. The van der Waals surface area contributed by atoms with Gasteiger partial charge in [0.05, 0.1) is 29.4 Å². The predicted molar refractivity (Wildman–Crippen MR) is 129 cm³/mol. The largest absolute Gasteiger partial charge is 0.496 e. The van der Waals surface area contributed by atoms with Gasteiger partial charge in [0.25, 0.3) is 5.91 Å². The van der Waals surface area contributed by atoms with Crippen molar-refractivity contribution in [1.82, 2.24) is 9.88 Å². The number of para-hydroxylation sites is 2. The van der Waals surface area contributed by atoms with Crippen LogP contribution in [0.3, 0.4) is 0 Å². The van der Waals surface area contributed by atoms with Crippen LogP contribution in [0.25, 0.3) is 20.8 Å². The summed E-state index contributed by atoms with van der Waals surface area (Å²) in [6.07, 6.45) is 0.737. The van der Waals surface area contributed by atoms with E-state index in [0.29, 0.717) is 24.4 Å². The third kappa shape index (κ3) is 3.65. The Labute approximate surface area is 193 Å². The second-order valence-electron chi connectivity index (χ2n) is 7.54. The van der Waals surface area contributed by atoms with Gasteiger partial charge in [-0.1, -0.05) is 24.3 Å². The number of amides is 2. The summed E-state index contributed by atoms with van der Waals surface area (Å²) in [5, 5.41) is 4.75. The van der Waals surface area contributed by atoms with Gasteiger partial charge in [0, 0.05) is 23.9 Å². The van der Waals surface area contributed by atoms with E-state index in [1.165, 1.54) is 16.9 Å². The van der Waals surface area contributed by atoms with Crippen molar-refractivity contribution in [2.45, 2.75) is 19.9 Å². The van der Waals surface area contributed by atoms with E-state index in [1.54, 1.807) is 37.5 Å². The first-order chi connectivity index (χ1) is 15.5. The summed E-state index contributed by atoms with van der Waals surface area (Å²) in [7, 11) is 1.55. The zero-order chi connectivity index (χ0) is 22.2. The standard InChI is InChI=1S/C24H21N3O3S2/c1-14(28)27-12-11-16-20(13-27)32-24(26-22(29)15-7-3-5-9-18(15)30-2)21(16)23-25-17-8-4-6-10-19(17)31-23/h3-10H,11-13H2,1-2H3,(H,26,29). The minimum absolute atomic E-state index is 0.0604. The van der Waals surface area contributed by atoms with Gasteiger partial charge >= 0.3 is 0 Å². The van der Waals surface area contributed by atoms with E-state index in [1.807, 2.05) is 35.2 Å². The highest BCUT2D eigenvalue weighted by Crippen LogP contribution is 2.46. The second-order valence-corrected chi connectivity index (χ2v) is 9.68.